The zero-order valence-electron chi connectivity index (χ0n) is 24.2. The fourth-order valence-electron chi connectivity index (χ4n) is 4.28. The Bertz CT molecular complexity index is 1550. The van der Waals surface area contributed by atoms with Crippen LogP contribution < -0.4 is 30.3 Å². The maximum Gasteiger partial charge on any atom is 0.337 e. The summed E-state index contributed by atoms with van der Waals surface area (Å²) in [6, 6.07) is 17.5. The van der Waals surface area contributed by atoms with E-state index in [0.29, 0.717) is 36.0 Å². The smallest absolute Gasteiger partial charge is 0.337 e. The lowest BCUT2D eigenvalue weighted by molar-refractivity contribution is -0.136. The number of aliphatic hydroxyl groups is 1. The molecular formula is C31H32BrIN4O7. The number of hydrogen-bond acceptors (Lipinski definition) is 9. The average Bonchev–Trinajstić information content (AvgIpc) is 3.00. The van der Waals surface area contributed by atoms with E-state index in [9.17, 15) is 14.7 Å². The van der Waals surface area contributed by atoms with Gasteiger partial charge in [0.25, 0.3) is 0 Å². The van der Waals surface area contributed by atoms with E-state index in [4.69, 9.17) is 18.9 Å². The van der Waals surface area contributed by atoms with Crippen LogP contribution in [0.15, 0.2) is 81.5 Å². The molecule has 0 fully saturated rings. The quantitative estimate of drug-likeness (QED) is 0.0615. The fraction of sp³-hybridized carbons (Fsp3) is 0.258. The summed E-state index contributed by atoms with van der Waals surface area (Å²) < 4.78 is 24.4. The standard InChI is InChI=1S/C31H32BrIN4O7/c1-4-42-26-14-21(29-28(30(39)41-3)18(2)35-31(40)36-29)8-12-25(26)44-17-27(38)37-34-15-20-7-11-24(23(33)13-20)43-16-19-5-9-22(32)10-6-19/h5-15,27,29,37-38H,4,16-17H2,1-3H3,(H2,35,36,40)/b34-15-/t27-,29+/m0/s1. The lowest BCUT2D eigenvalue weighted by atomic mass is 9.95. The highest BCUT2D eigenvalue weighted by atomic mass is 127. The summed E-state index contributed by atoms with van der Waals surface area (Å²) in [7, 11) is 1.28. The molecule has 3 aromatic carbocycles. The molecule has 0 aromatic heterocycles. The number of hydrazone groups is 1. The van der Waals surface area contributed by atoms with Gasteiger partial charge in [0.2, 0.25) is 0 Å². The predicted octanol–water partition coefficient (Wildman–Crippen LogP) is 5.15. The molecule has 11 nitrogen and oxygen atoms in total. The Morgan fingerprint density at radius 2 is 1.84 bits per heavy atom. The van der Waals surface area contributed by atoms with Crippen molar-refractivity contribution < 1.29 is 33.6 Å². The minimum Gasteiger partial charge on any atom is -0.490 e. The Morgan fingerprint density at radius 1 is 1.09 bits per heavy atom. The molecule has 1 heterocycles. The number of halogens is 2. The van der Waals surface area contributed by atoms with Crippen molar-refractivity contribution in [2.24, 2.45) is 5.10 Å². The van der Waals surface area contributed by atoms with Crippen molar-refractivity contribution in [3.05, 3.63) is 96.7 Å². The largest absolute Gasteiger partial charge is 0.490 e. The van der Waals surface area contributed by atoms with E-state index in [0.717, 1.165) is 24.9 Å². The van der Waals surface area contributed by atoms with E-state index in [1.807, 2.05) is 49.4 Å². The molecular weight excluding hydrogens is 747 g/mol. The van der Waals surface area contributed by atoms with Crippen molar-refractivity contribution in [2.75, 3.05) is 20.3 Å². The van der Waals surface area contributed by atoms with Crippen LogP contribution in [0.4, 0.5) is 4.79 Å². The van der Waals surface area contributed by atoms with Crippen LogP contribution in [-0.2, 0) is 16.1 Å². The molecule has 0 saturated heterocycles. The SMILES string of the molecule is CCOc1cc([C@H]2NC(=O)NC(C)=C2C(=O)OC)ccc1OC[C@H](O)N/N=C\c1ccc(OCc2ccc(Br)cc2)c(I)c1. The minimum atomic E-state index is -1.12. The Balaban J connectivity index is 1.34. The number of nitrogens with zero attached hydrogens (tertiary/aromatic N) is 1. The molecule has 44 heavy (non-hydrogen) atoms. The van der Waals surface area contributed by atoms with Crippen molar-refractivity contribution in [3.8, 4) is 17.2 Å². The number of aliphatic hydroxyl groups excluding tert-OH is 1. The molecule has 0 aliphatic carbocycles. The van der Waals surface area contributed by atoms with Gasteiger partial charge in [-0.15, -0.1) is 0 Å². The van der Waals surface area contributed by atoms with Crippen LogP contribution in [0.5, 0.6) is 17.2 Å². The Labute approximate surface area is 277 Å². The summed E-state index contributed by atoms with van der Waals surface area (Å²) >= 11 is 5.64. The van der Waals surface area contributed by atoms with Gasteiger partial charge in [-0.05, 0) is 95.6 Å². The van der Waals surface area contributed by atoms with Crippen molar-refractivity contribution in [1.82, 2.24) is 16.1 Å². The van der Waals surface area contributed by atoms with Gasteiger partial charge in [-0.25, -0.2) is 9.59 Å². The molecule has 13 heteroatoms. The summed E-state index contributed by atoms with van der Waals surface area (Å²) in [5.41, 5.74) is 5.80. The van der Waals surface area contributed by atoms with Crippen LogP contribution >= 0.6 is 38.5 Å². The first-order chi connectivity index (χ1) is 21.2. The van der Waals surface area contributed by atoms with E-state index in [-0.39, 0.29) is 12.2 Å². The van der Waals surface area contributed by atoms with E-state index in [1.165, 1.54) is 7.11 Å². The second-order valence-corrected chi connectivity index (χ2v) is 11.6. The van der Waals surface area contributed by atoms with E-state index in [2.05, 4.69) is 59.7 Å². The first-order valence-corrected chi connectivity index (χ1v) is 15.4. The maximum absolute atomic E-state index is 12.4. The summed E-state index contributed by atoms with van der Waals surface area (Å²) in [6.07, 6.45) is 0.472. The number of hydrogen-bond donors (Lipinski definition) is 4. The van der Waals surface area contributed by atoms with Crippen LogP contribution in [0.2, 0.25) is 0 Å². The summed E-state index contributed by atoms with van der Waals surface area (Å²) in [6.45, 7) is 4.12. The number of ether oxygens (including phenoxy) is 4. The molecule has 4 N–H and O–H groups in total. The molecule has 1 aliphatic rings. The van der Waals surface area contributed by atoms with Gasteiger partial charge in [-0.1, -0.05) is 34.1 Å². The van der Waals surface area contributed by atoms with Gasteiger partial charge in [0.05, 0.1) is 35.1 Å². The van der Waals surface area contributed by atoms with Crippen LogP contribution in [0, 0.1) is 3.57 Å². The Morgan fingerprint density at radius 3 is 2.55 bits per heavy atom. The zero-order valence-corrected chi connectivity index (χ0v) is 28.0. The molecule has 2 amide bonds. The molecule has 4 rings (SSSR count). The third-order valence-electron chi connectivity index (χ3n) is 6.37. The molecule has 0 unspecified atom stereocenters. The summed E-state index contributed by atoms with van der Waals surface area (Å²) in [5, 5.41) is 19.9. The van der Waals surface area contributed by atoms with Crippen LogP contribution in [0.1, 0.15) is 36.6 Å². The highest BCUT2D eigenvalue weighted by Gasteiger charge is 2.32. The van der Waals surface area contributed by atoms with Crippen molar-refractivity contribution in [3.63, 3.8) is 0 Å². The zero-order chi connectivity index (χ0) is 31.6. The predicted molar refractivity (Wildman–Crippen MR) is 177 cm³/mol. The van der Waals surface area contributed by atoms with Gasteiger partial charge in [0, 0.05) is 10.2 Å². The molecule has 0 saturated carbocycles. The van der Waals surface area contributed by atoms with Crippen molar-refractivity contribution in [2.45, 2.75) is 32.7 Å². The van der Waals surface area contributed by atoms with E-state index in [1.54, 1.807) is 31.3 Å². The van der Waals surface area contributed by atoms with Crippen molar-refractivity contribution >= 4 is 56.7 Å². The van der Waals surface area contributed by atoms with Gasteiger partial charge in [-0.2, -0.15) is 5.10 Å². The topological polar surface area (TPSA) is 140 Å². The van der Waals surface area contributed by atoms with Crippen LogP contribution in [0.3, 0.4) is 0 Å². The number of methoxy groups -OCH3 is 1. The Hall–Kier alpha value is -3.82. The normalized spacial score (nSPS) is 15.3. The van der Waals surface area contributed by atoms with E-state index >= 15 is 0 Å². The van der Waals surface area contributed by atoms with E-state index < -0.39 is 24.3 Å². The number of rotatable bonds is 13. The molecule has 2 atom stereocenters. The number of amides is 2. The first kappa shape index (κ1) is 33.1. The molecule has 3 aromatic rings. The maximum atomic E-state index is 12.4. The van der Waals surface area contributed by atoms with Crippen LogP contribution in [-0.4, -0.2) is 49.9 Å². The van der Waals surface area contributed by atoms with Crippen LogP contribution in [0.25, 0.3) is 0 Å². The summed E-state index contributed by atoms with van der Waals surface area (Å²) in [4.78, 5) is 24.6. The van der Waals surface area contributed by atoms with Gasteiger partial charge in [0.1, 0.15) is 19.0 Å². The second-order valence-electron chi connectivity index (χ2n) is 9.52. The highest BCUT2D eigenvalue weighted by molar-refractivity contribution is 14.1. The molecule has 0 spiro atoms. The number of benzene rings is 3. The third-order valence-corrected chi connectivity index (χ3v) is 7.74. The van der Waals surface area contributed by atoms with Gasteiger partial charge < -0.3 is 34.7 Å². The monoisotopic (exact) mass is 778 g/mol. The van der Waals surface area contributed by atoms with Gasteiger partial charge in [0.15, 0.2) is 17.7 Å². The number of carbonyl (C=O) groups excluding carboxylic acids is 2. The number of nitrogens with one attached hydrogen (secondary N) is 3. The summed E-state index contributed by atoms with van der Waals surface area (Å²) in [5.74, 6) is 0.948. The first-order valence-electron chi connectivity index (χ1n) is 13.6. The number of allylic oxidation sites excluding steroid dienone is 1. The number of carbonyl (C=O) groups is 2. The highest BCUT2D eigenvalue weighted by Crippen LogP contribution is 2.35. The third kappa shape index (κ3) is 8.86. The number of esters is 1. The van der Waals surface area contributed by atoms with Crippen molar-refractivity contribution in [1.29, 1.82) is 0 Å². The molecule has 1 aliphatic heterocycles. The number of urea groups is 1. The lowest BCUT2D eigenvalue weighted by Crippen LogP contribution is -2.45. The average molecular weight is 779 g/mol. The molecule has 232 valence electrons. The minimum absolute atomic E-state index is 0.131. The fourth-order valence-corrected chi connectivity index (χ4v) is 5.24. The van der Waals surface area contributed by atoms with Gasteiger partial charge >= 0.3 is 12.0 Å². The molecule has 0 bridgehead atoms. The molecule has 0 radical (unpaired) electrons. The lowest BCUT2D eigenvalue weighted by Gasteiger charge is -2.28. The second kappa shape index (κ2) is 15.8. The Kier molecular flexibility index (Phi) is 11.9. The van der Waals surface area contributed by atoms with Gasteiger partial charge in [-0.3, -0.25) is 5.43 Å².